The molecule has 0 radical (unpaired) electrons. The lowest BCUT2D eigenvalue weighted by molar-refractivity contribution is -0.113. The number of amides is 1. The van der Waals surface area contributed by atoms with Gasteiger partial charge in [-0.3, -0.25) is 9.36 Å². The topological polar surface area (TPSA) is 96.1 Å². The Kier molecular flexibility index (Phi) is 6.85. The number of aromatic nitrogens is 3. The first kappa shape index (κ1) is 22.9. The van der Waals surface area contributed by atoms with E-state index in [-0.39, 0.29) is 11.7 Å². The van der Waals surface area contributed by atoms with Crippen molar-refractivity contribution in [1.82, 2.24) is 14.8 Å². The highest BCUT2D eigenvalue weighted by Crippen LogP contribution is 2.38. The molecule has 3 heterocycles. The van der Waals surface area contributed by atoms with Crippen LogP contribution in [0.15, 0.2) is 29.4 Å². The van der Waals surface area contributed by atoms with Crippen molar-refractivity contribution in [2.45, 2.75) is 37.8 Å². The second kappa shape index (κ2) is 10.2. The maximum absolute atomic E-state index is 12.9. The Balaban J connectivity index is 1.35. The Labute approximate surface area is 206 Å². The Morgan fingerprint density at radius 3 is 2.88 bits per heavy atom. The van der Waals surface area contributed by atoms with E-state index < -0.39 is 0 Å². The summed E-state index contributed by atoms with van der Waals surface area (Å²) in [6.07, 6.45) is 4.15. The Bertz CT molecular complexity index is 1240. The molecule has 1 aliphatic heterocycles. The summed E-state index contributed by atoms with van der Waals surface area (Å²) in [6, 6.07) is 10.5. The number of anilines is 2. The van der Waals surface area contributed by atoms with Crippen molar-refractivity contribution < 1.29 is 9.53 Å². The van der Waals surface area contributed by atoms with Crippen LogP contribution in [-0.2, 0) is 22.4 Å². The minimum absolute atomic E-state index is 0.146. The number of nitrogens with one attached hydrogen (secondary N) is 1. The van der Waals surface area contributed by atoms with Crippen molar-refractivity contribution in [3.63, 3.8) is 0 Å². The van der Waals surface area contributed by atoms with Gasteiger partial charge in [0.05, 0.1) is 30.2 Å². The quantitative estimate of drug-likeness (QED) is 0.518. The lowest BCUT2D eigenvalue weighted by Gasteiger charge is -2.28. The van der Waals surface area contributed by atoms with Crippen molar-refractivity contribution in [3.05, 3.63) is 45.8 Å². The number of rotatable bonds is 6. The van der Waals surface area contributed by atoms with E-state index in [4.69, 9.17) is 4.74 Å². The van der Waals surface area contributed by atoms with Gasteiger partial charge in [0, 0.05) is 18.0 Å². The van der Waals surface area contributed by atoms with E-state index in [1.54, 1.807) is 11.3 Å². The number of ether oxygens (including phenoxy) is 1. The minimum atomic E-state index is -0.146. The number of nitriles is 1. The van der Waals surface area contributed by atoms with Gasteiger partial charge in [-0.15, -0.1) is 21.5 Å². The van der Waals surface area contributed by atoms with Crippen LogP contribution in [0.1, 0.15) is 34.4 Å². The van der Waals surface area contributed by atoms with Crippen LogP contribution in [0.4, 0.5) is 10.9 Å². The summed E-state index contributed by atoms with van der Waals surface area (Å²) < 4.78 is 7.51. The van der Waals surface area contributed by atoms with E-state index >= 15 is 0 Å². The van der Waals surface area contributed by atoms with Gasteiger partial charge < -0.3 is 15.0 Å². The lowest BCUT2D eigenvalue weighted by atomic mass is 9.96. The number of fused-ring (bicyclic) bond motifs is 1. The van der Waals surface area contributed by atoms with Gasteiger partial charge in [0.25, 0.3) is 0 Å². The van der Waals surface area contributed by atoms with Gasteiger partial charge in [0.2, 0.25) is 11.9 Å². The van der Waals surface area contributed by atoms with Crippen LogP contribution < -0.4 is 10.2 Å². The largest absolute Gasteiger partial charge is 0.378 e. The standard InChI is InChI=1S/C24H26N6O2S2/c1-16-5-4-6-17(13-16)30-23(29-9-11-32-12-10-29)27-28-24(30)33-15-21(31)26-22-19(14-25)18-7-2-3-8-20(18)34-22/h4-6,13H,2-3,7-12,15H2,1H3,(H,26,31). The van der Waals surface area contributed by atoms with Gasteiger partial charge in [-0.2, -0.15) is 5.26 Å². The zero-order valence-electron chi connectivity index (χ0n) is 19.0. The smallest absolute Gasteiger partial charge is 0.235 e. The highest BCUT2D eigenvalue weighted by Gasteiger charge is 2.24. The molecule has 0 unspecified atom stereocenters. The average Bonchev–Trinajstić information content (AvgIpc) is 3.44. The number of morpholine rings is 1. The summed E-state index contributed by atoms with van der Waals surface area (Å²) in [7, 11) is 0. The Hall–Kier alpha value is -2.87. The van der Waals surface area contributed by atoms with Crippen molar-refractivity contribution in [3.8, 4) is 11.8 Å². The molecule has 1 amide bonds. The summed E-state index contributed by atoms with van der Waals surface area (Å²) >= 11 is 2.90. The van der Waals surface area contributed by atoms with Crippen molar-refractivity contribution in [1.29, 1.82) is 5.26 Å². The molecule has 2 aliphatic rings. The van der Waals surface area contributed by atoms with E-state index in [2.05, 4.69) is 45.5 Å². The van der Waals surface area contributed by atoms with Crippen molar-refractivity contribution in [2.24, 2.45) is 0 Å². The molecule has 1 N–H and O–H groups in total. The highest BCUT2D eigenvalue weighted by atomic mass is 32.2. The molecule has 10 heteroatoms. The molecule has 0 bridgehead atoms. The summed E-state index contributed by atoms with van der Waals surface area (Å²) in [5.74, 6) is 0.793. The van der Waals surface area contributed by atoms with Crippen molar-refractivity contribution in [2.75, 3.05) is 42.3 Å². The van der Waals surface area contributed by atoms with Gasteiger partial charge in [-0.1, -0.05) is 23.9 Å². The fraction of sp³-hybridized carbons (Fsp3) is 0.417. The molecule has 1 aromatic carbocycles. The number of carbonyl (C=O) groups is 1. The average molecular weight is 495 g/mol. The normalized spacial score (nSPS) is 15.6. The zero-order valence-corrected chi connectivity index (χ0v) is 20.7. The van der Waals surface area contributed by atoms with E-state index in [1.165, 1.54) is 16.6 Å². The number of thiophene rings is 1. The number of carbonyl (C=O) groups excluding carboxylic acids is 1. The number of hydrogen-bond acceptors (Lipinski definition) is 8. The van der Waals surface area contributed by atoms with Crippen LogP contribution in [0, 0.1) is 18.3 Å². The number of hydrogen-bond donors (Lipinski definition) is 1. The fourth-order valence-corrected chi connectivity index (χ4v) is 6.38. The monoisotopic (exact) mass is 494 g/mol. The molecule has 2 aromatic heterocycles. The number of aryl methyl sites for hydroxylation is 2. The van der Waals surface area contributed by atoms with Gasteiger partial charge in [-0.25, -0.2) is 0 Å². The van der Waals surface area contributed by atoms with Crippen LogP contribution >= 0.6 is 23.1 Å². The predicted molar refractivity (Wildman–Crippen MR) is 134 cm³/mol. The second-order valence-electron chi connectivity index (χ2n) is 8.42. The maximum atomic E-state index is 12.9. The van der Waals surface area contributed by atoms with Crippen LogP contribution in [0.3, 0.4) is 0 Å². The molecule has 176 valence electrons. The molecular formula is C24H26N6O2S2. The van der Waals surface area contributed by atoms with Gasteiger partial charge in [0.1, 0.15) is 11.1 Å². The molecular weight excluding hydrogens is 468 g/mol. The molecule has 0 saturated carbocycles. The maximum Gasteiger partial charge on any atom is 0.235 e. The second-order valence-corrected chi connectivity index (χ2v) is 10.5. The van der Waals surface area contributed by atoms with Gasteiger partial charge >= 0.3 is 0 Å². The molecule has 3 aromatic rings. The highest BCUT2D eigenvalue weighted by molar-refractivity contribution is 7.99. The van der Waals surface area contributed by atoms with Crippen LogP contribution in [0.2, 0.25) is 0 Å². The molecule has 8 nitrogen and oxygen atoms in total. The molecule has 1 aliphatic carbocycles. The molecule has 1 saturated heterocycles. The van der Waals surface area contributed by atoms with Crippen molar-refractivity contribution >= 4 is 40.0 Å². The first-order valence-corrected chi connectivity index (χ1v) is 13.3. The number of nitrogens with zero attached hydrogens (tertiary/aromatic N) is 5. The summed E-state index contributed by atoms with van der Waals surface area (Å²) in [4.78, 5) is 16.3. The first-order valence-electron chi connectivity index (χ1n) is 11.5. The van der Waals surface area contributed by atoms with E-state index in [1.807, 2.05) is 16.7 Å². The predicted octanol–water partition coefficient (Wildman–Crippen LogP) is 3.96. The third-order valence-electron chi connectivity index (χ3n) is 6.04. The summed E-state index contributed by atoms with van der Waals surface area (Å²) in [6.45, 7) is 4.84. The molecule has 34 heavy (non-hydrogen) atoms. The molecule has 0 spiro atoms. The zero-order chi connectivity index (χ0) is 23.5. The third-order valence-corrected chi connectivity index (χ3v) is 8.17. The molecule has 0 atom stereocenters. The SMILES string of the molecule is Cc1cccc(-n2c(SCC(=O)Nc3sc4c(c3C#N)CCCC4)nnc2N2CCOCC2)c1. The lowest BCUT2D eigenvalue weighted by Crippen LogP contribution is -2.37. The van der Waals surface area contributed by atoms with Gasteiger partial charge in [-0.05, 0) is 55.9 Å². The minimum Gasteiger partial charge on any atom is -0.378 e. The summed E-state index contributed by atoms with van der Waals surface area (Å²) in [5.41, 5.74) is 3.86. The molecule has 5 rings (SSSR count). The summed E-state index contributed by atoms with van der Waals surface area (Å²) in [5, 5.41) is 22.9. The Morgan fingerprint density at radius 1 is 1.26 bits per heavy atom. The number of benzene rings is 1. The third kappa shape index (κ3) is 4.69. The number of thioether (sulfide) groups is 1. The van der Waals surface area contributed by atoms with Gasteiger partial charge in [0.15, 0.2) is 5.16 Å². The van der Waals surface area contributed by atoms with E-state index in [0.717, 1.165) is 61.5 Å². The van der Waals surface area contributed by atoms with E-state index in [9.17, 15) is 10.1 Å². The fourth-order valence-electron chi connectivity index (χ4n) is 4.38. The van der Waals surface area contributed by atoms with Crippen LogP contribution in [-0.4, -0.2) is 52.7 Å². The Morgan fingerprint density at radius 2 is 2.09 bits per heavy atom. The van der Waals surface area contributed by atoms with Crippen LogP contribution in [0.25, 0.3) is 5.69 Å². The molecule has 1 fully saturated rings. The van der Waals surface area contributed by atoms with Crippen LogP contribution in [0.5, 0.6) is 0 Å². The van der Waals surface area contributed by atoms with E-state index in [0.29, 0.717) is 28.9 Å². The first-order chi connectivity index (χ1) is 16.6.